The van der Waals surface area contributed by atoms with Gasteiger partial charge in [0.2, 0.25) is 0 Å². The summed E-state index contributed by atoms with van der Waals surface area (Å²) in [4.78, 5) is 0. The summed E-state index contributed by atoms with van der Waals surface area (Å²) < 4.78 is 0. The Bertz CT molecular complexity index is 2390. The number of benzene rings is 7. The second-order valence-corrected chi connectivity index (χ2v) is 22.5. The van der Waals surface area contributed by atoms with Gasteiger partial charge in [0.25, 0.3) is 0 Å². The summed E-state index contributed by atoms with van der Waals surface area (Å²) in [5.41, 5.74) is 8.04. The zero-order chi connectivity index (χ0) is 33.7. The minimum Gasteiger partial charge on any atom is -1.00 e. The van der Waals surface area contributed by atoms with Crippen molar-refractivity contribution in [3.05, 3.63) is 187 Å². The van der Waals surface area contributed by atoms with Crippen LogP contribution in [-0.2, 0) is 23.0 Å². The molecule has 0 unspecified atom stereocenters. The fourth-order valence-corrected chi connectivity index (χ4v) is 9.52. The van der Waals surface area contributed by atoms with Gasteiger partial charge in [0.1, 0.15) is 0 Å². The molecule has 0 amide bonds. The van der Waals surface area contributed by atoms with Gasteiger partial charge >= 0.3 is 70.6 Å². The first kappa shape index (κ1) is 38.2. The topological polar surface area (TPSA) is 0 Å². The first-order valence-electron chi connectivity index (χ1n) is 16.9. The van der Waals surface area contributed by atoms with E-state index < -0.39 is 0 Å². The minimum absolute atomic E-state index is 0. The number of halogens is 2. The van der Waals surface area contributed by atoms with Crippen LogP contribution in [0.4, 0.5) is 0 Å². The standard InChI is InChI=1S/2C20H15.C7H8Si.2ClH.Hf/c2*1-14-13-16-8-3-5-11-18(16)20(14)19-12-6-9-15-7-2-4-10-17(15)19;1-8-7-5-3-2-4-6-7;;;/h2*2-13H,1H3;2-6H,1H3;2*1H;/q2*-1;;;;+2/p-2. The van der Waals surface area contributed by atoms with Crippen LogP contribution in [0.25, 0.3) is 65.3 Å². The Balaban J connectivity index is 0.000000156. The van der Waals surface area contributed by atoms with Crippen molar-refractivity contribution in [3.8, 4) is 22.3 Å². The summed E-state index contributed by atoms with van der Waals surface area (Å²) in [6, 6.07) is 63.0. The molecule has 0 aliphatic heterocycles. The van der Waals surface area contributed by atoms with Crippen LogP contribution >= 0.6 is 0 Å². The monoisotopic (exact) mass is 880 g/mol. The van der Waals surface area contributed by atoms with E-state index in [1.165, 1.54) is 99.5 Å². The van der Waals surface area contributed by atoms with Crippen molar-refractivity contribution in [2.24, 2.45) is 0 Å². The summed E-state index contributed by atoms with van der Waals surface area (Å²) >= 11 is 1.36. The average molecular weight is 880 g/mol. The SMILES string of the molecule is C[Si](=[Hf+2])c1ccccc1.Cc1[cH-]c2ccccc2c1-c1cccc2ccccc12.Cc1[cH-]c2ccccc2c1-c1cccc2ccccc12.[Cl-].[Cl-]. The summed E-state index contributed by atoms with van der Waals surface area (Å²) in [7, 11) is 0. The van der Waals surface area contributed by atoms with Gasteiger partial charge in [-0.1, -0.05) is 122 Å². The maximum absolute atomic E-state index is 2.37. The summed E-state index contributed by atoms with van der Waals surface area (Å²) in [5.74, 6) is 0. The van der Waals surface area contributed by atoms with E-state index in [1.807, 2.05) is 0 Å². The first-order chi connectivity index (χ1) is 24.0. The number of fused-ring (bicyclic) bond motifs is 4. The molecule has 0 N–H and O–H groups in total. The van der Waals surface area contributed by atoms with Crippen LogP contribution in [-0.4, -0.2) is 5.49 Å². The molecule has 0 fully saturated rings. The van der Waals surface area contributed by atoms with E-state index in [1.54, 1.807) is 5.19 Å². The molecule has 0 spiro atoms. The quantitative estimate of drug-likeness (QED) is 0.142. The van der Waals surface area contributed by atoms with Crippen LogP contribution in [0.3, 0.4) is 0 Å². The first-order valence-corrected chi connectivity index (χ1v) is 24.3. The Hall–Kier alpha value is -4.05. The molecule has 0 radical (unpaired) electrons. The van der Waals surface area contributed by atoms with Crippen LogP contribution < -0.4 is 30.0 Å². The van der Waals surface area contributed by atoms with Gasteiger partial charge in [-0.2, -0.15) is 0 Å². The van der Waals surface area contributed by atoms with Gasteiger partial charge in [-0.3, -0.25) is 0 Å². The zero-order valence-electron chi connectivity index (χ0n) is 29.0. The molecule has 9 aromatic rings. The number of rotatable bonds is 3. The number of aryl methyl sites for hydroxylation is 2. The molecule has 0 atom stereocenters. The van der Waals surface area contributed by atoms with Crippen molar-refractivity contribution in [1.82, 2.24) is 0 Å². The van der Waals surface area contributed by atoms with Crippen molar-refractivity contribution in [2.45, 2.75) is 20.4 Å². The smallest absolute Gasteiger partial charge is 0.0186 e. The van der Waals surface area contributed by atoms with Gasteiger partial charge in [0.05, 0.1) is 0 Å². The molecule has 0 aliphatic rings. The molecule has 4 heteroatoms. The minimum atomic E-state index is -0.0733. The van der Waals surface area contributed by atoms with Crippen molar-refractivity contribution in [2.75, 3.05) is 0 Å². The molecule has 0 saturated carbocycles. The Labute approximate surface area is 328 Å². The van der Waals surface area contributed by atoms with Gasteiger partial charge in [-0.05, 0) is 21.5 Å². The average Bonchev–Trinajstić information content (AvgIpc) is 3.66. The van der Waals surface area contributed by atoms with Crippen LogP contribution in [0.1, 0.15) is 11.1 Å². The molecule has 0 heterocycles. The normalized spacial score (nSPS) is 10.5. The molecule has 0 bridgehead atoms. The molecule has 0 saturated heterocycles. The Morgan fingerprint density at radius 2 is 0.765 bits per heavy atom. The molecular weight excluding hydrogens is 842 g/mol. The molecule has 0 aromatic heterocycles. The molecule has 9 rings (SSSR count). The predicted molar refractivity (Wildman–Crippen MR) is 212 cm³/mol. The largest absolute Gasteiger partial charge is 1.00 e. The summed E-state index contributed by atoms with van der Waals surface area (Å²) in [6.45, 7) is 6.78. The van der Waals surface area contributed by atoms with E-state index in [-0.39, 0.29) is 30.3 Å². The van der Waals surface area contributed by atoms with E-state index in [4.69, 9.17) is 0 Å². The Morgan fingerprint density at radius 1 is 0.412 bits per heavy atom. The van der Waals surface area contributed by atoms with Crippen LogP contribution in [0.2, 0.25) is 6.55 Å². The van der Waals surface area contributed by atoms with Gasteiger partial charge in [-0.25, -0.2) is 0 Å². The van der Waals surface area contributed by atoms with E-state index in [2.05, 4.69) is 196 Å². The predicted octanol–water partition coefficient (Wildman–Crippen LogP) is 6.44. The van der Waals surface area contributed by atoms with Crippen molar-refractivity contribution < 1.29 is 47.8 Å². The maximum Gasteiger partial charge on any atom is -0.0186 e. The van der Waals surface area contributed by atoms with E-state index >= 15 is 0 Å². The molecule has 0 aliphatic carbocycles. The van der Waals surface area contributed by atoms with Crippen molar-refractivity contribution in [1.29, 1.82) is 0 Å². The Kier molecular flexibility index (Phi) is 13.1. The van der Waals surface area contributed by atoms with Gasteiger partial charge < -0.3 is 24.8 Å². The van der Waals surface area contributed by atoms with Gasteiger partial charge in [0.15, 0.2) is 0 Å². The third-order valence-electron chi connectivity index (χ3n) is 9.32. The molecule has 0 nitrogen and oxygen atoms in total. The Morgan fingerprint density at radius 3 is 1.18 bits per heavy atom. The van der Waals surface area contributed by atoms with Gasteiger partial charge in [0, 0.05) is 0 Å². The summed E-state index contributed by atoms with van der Waals surface area (Å²) in [5, 5.41) is 12.2. The second kappa shape index (κ2) is 17.4. The number of hydrogen-bond donors (Lipinski definition) is 0. The van der Waals surface area contributed by atoms with Crippen LogP contribution in [0, 0.1) is 13.8 Å². The molecule has 9 aromatic carbocycles. The van der Waals surface area contributed by atoms with Gasteiger partial charge in [-0.15, -0.1) is 92.3 Å². The van der Waals surface area contributed by atoms with Crippen LogP contribution in [0.15, 0.2) is 176 Å². The maximum atomic E-state index is 2.37. The van der Waals surface area contributed by atoms with Crippen LogP contribution in [0.5, 0.6) is 0 Å². The zero-order valence-corrected chi connectivity index (χ0v) is 35.1. The molecule has 51 heavy (non-hydrogen) atoms. The third kappa shape index (κ3) is 8.21. The van der Waals surface area contributed by atoms with E-state index in [0.29, 0.717) is 0 Å². The summed E-state index contributed by atoms with van der Waals surface area (Å²) in [6.07, 6.45) is 0. The van der Waals surface area contributed by atoms with Crippen molar-refractivity contribution >= 4 is 53.8 Å². The van der Waals surface area contributed by atoms with Crippen molar-refractivity contribution in [3.63, 3.8) is 0 Å². The second-order valence-electron chi connectivity index (χ2n) is 12.6. The fraction of sp³-hybridized carbons (Fsp3) is 0.0638. The number of hydrogen-bond acceptors (Lipinski definition) is 0. The fourth-order valence-electron chi connectivity index (χ4n) is 7.03. The molecular formula is C47H38Cl2HfSi-2. The van der Waals surface area contributed by atoms with E-state index in [0.717, 1.165) is 0 Å². The van der Waals surface area contributed by atoms with E-state index in [9.17, 15) is 0 Å². The third-order valence-corrected chi connectivity index (χ3v) is 13.6. The molecule has 250 valence electrons.